The van der Waals surface area contributed by atoms with Crippen LogP contribution in [0.15, 0.2) is 72.4 Å². The van der Waals surface area contributed by atoms with Crippen LogP contribution in [0.3, 0.4) is 0 Å². The molecule has 5 rings (SSSR count). The molecule has 1 unspecified atom stereocenters. The van der Waals surface area contributed by atoms with Crippen LogP contribution in [0.25, 0.3) is 5.76 Å². The Kier molecular flexibility index (Phi) is 5.42. The van der Waals surface area contributed by atoms with E-state index in [1.807, 2.05) is 18.2 Å². The number of nitrogens with zero attached hydrogens (tertiary/aromatic N) is 2. The molecule has 2 aromatic carbocycles. The Balaban J connectivity index is 1.66. The molecule has 6 heteroatoms. The van der Waals surface area contributed by atoms with Gasteiger partial charge in [-0.05, 0) is 79.3 Å². The van der Waals surface area contributed by atoms with Crippen LogP contribution < -0.4 is 9.64 Å². The number of aliphatic hydroxyl groups excluding tert-OH is 1. The number of hydrogen-bond acceptors (Lipinski definition) is 5. The summed E-state index contributed by atoms with van der Waals surface area (Å²) < 4.78 is 5.22. The molecule has 1 amide bonds. The number of benzene rings is 2. The standard InChI is InChI=1S/C27H24N2O4/c1-33-21-13-11-20(12-14-21)29-24(22-8-4-5-15-28-22)23(26(31)27(29)32)25(30)19-10-9-17-6-2-3-7-18(17)16-19/h4-5,8-16,24,30H,2-3,6-7H2,1H3/b25-23-. The predicted octanol–water partition coefficient (Wildman–Crippen LogP) is 4.60. The first kappa shape index (κ1) is 20.9. The first-order valence-electron chi connectivity index (χ1n) is 11.1. The van der Waals surface area contributed by atoms with Gasteiger partial charge in [0.05, 0.1) is 18.4 Å². The third-order valence-corrected chi connectivity index (χ3v) is 6.38. The van der Waals surface area contributed by atoms with Crippen molar-refractivity contribution >= 4 is 23.1 Å². The van der Waals surface area contributed by atoms with Gasteiger partial charge in [0, 0.05) is 17.4 Å². The zero-order valence-corrected chi connectivity index (χ0v) is 18.3. The van der Waals surface area contributed by atoms with Crippen molar-refractivity contribution in [3.63, 3.8) is 0 Å². The van der Waals surface area contributed by atoms with Crippen molar-refractivity contribution < 1.29 is 19.4 Å². The number of carbonyl (C=O) groups is 2. The number of carbonyl (C=O) groups excluding carboxylic acids is 2. The summed E-state index contributed by atoms with van der Waals surface area (Å²) in [6.45, 7) is 0. The van der Waals surface area contributed by atoms with Crippen molar-refractivity contribution in [1.29, 1.82) is 0 Å². The van der Waals surface area contributed by atoms with E-state index in [4.69, 9.17) is 4.74 Å². The number of Topliss-reactive ketones (excluding diaryl/α,β-unsaturated/α-hetero) is 1. The minimum Gasteiger partial charge on any atom is -0.507 e. The van der Waals surface area contributed by atoms with Gasteiger partial charge in [0.1, 0.15) is 17.6 Å². The van der Waals surface area contributed by atoms with E-state index >= 15 is 0 Å². The molecule has 1 fully saturated rings. The molecule has 166 valence electrons. The molecule has 2 aliphatic rings. The molecule has 1 atom stereocenters. The molecule has 1 saturated heterocycles. The summed E-state index contributed by atoms with van der Waals surface area (Å²) in [5.74, 6) is -0.959. The van der Waals surface area contributed by atoms with E-state index in [-0.39, 0.29) is 11.3 Å². The number of ether oxygens (including phenoxy) is 1. The molecule has 0 radical (unpaired) electrons. The third-order valence-electron chi connectivity index (χ3n) is 6.38. The maximum atomic E-state index is 13.2. The average Bonchev–Trinajstić information content (AvgIpc) is 3.14. The fraction of sp³-hybridized carbons (Fsp3) is 0.222. The summed E-state index contributed by atoms with van der Waals surface area (Å²) in [4.78, 5) is 32.2. The van der Waals surface area contributed by atoms with E-state index in [1.165, 1.54) is 16.0 Å². The van der Waals surface area contributed by atoms with E-state index in [9.17, 15) is 14.7 Å². The SMILES string of the molecule is COc1ccc(N2C(=O)C(=O)/C(=C(\O)c3ccc4c(c3)CCCC4)C2c2ccccn2)cc1. The number of fused-ring (bicyclic) bond motifs is 1. The quantitative estimate of drug-likeness (QED) is 0.365. The molecule has 1 aromatic heterocycles. The highest BCUT2D eigenvalue weighted by molar-refractivity contribution is 6.51. The molecule has 3 aromatic rings. The van der Waals surface area contributed by atoms with E-state index in [1.54, 1.807) is 55.8 Å². The lowest BCUT2D eigenvalue weighted by Crippen LogP contribution is -2.29. The molecule has 1 aliphatic carbocycles. The Hall–Kier alpha value is -3.93. The van der Waals surface area contributed by atoms with Crippen LogP contribution in [0.5, 0.6) is 5.75 Å². The molecule has 0 spiro atoms. The number of aromatic nitrogens is 1. The van der Waals surface area contributed by atoms with Gasteiger partial charge < -0.3 is 9.84 Å². The summed E-state index contributed by atoms with van der Waals surface area (Å²) in [5.41, 5.74) is 4.08. The molecule has 1 N–H and O–H groups in total. The van der Waals surface area contributed by atoms with Crippen LogP contribution in [-0.2, 0) is 22.4 Å². The van der Waals surface area contributed by atoms with Crippen molar-refractivity contribution in [3.05, 3.63) is 94.8 Å². The van der Waals surface area contributed by atoms with Crippen molar-refractivity contribution in [3.8, 4) is 5.75 Å². The first-order valence-corrected chi connectivity index (χ1v) is 11.1. The fourth-order valence-corrected chi connectivity index (χ4v) is 4.70. The number of pyridine rings is 1. The number of aliphatic hydroxyl groups is 1. The fourth-order valence-electron chi connectivity index (χ4n) is 4.70. The highest BCUT2D eigenvalue weighted by atomic mass is 16.5. The topological polar surface area (TPSA) is 79.7 Å². The van der Waals surface area contributed by atoms with Crippen LogP contribution in [0.1, 0.15) is 41.3 Å². The Labute approximate surface area is 192 Å². The number of hydrogen-bond donors (Lipinski definition) is 1. The second-order valence-corrected chi connectivity index (χ2v) is 8.31. The normalized spacial score (nSPS) is 19.4. The van der Waals surface area contributed by atoms with Gasteiger partial charge in [-0.15, -0.1) is 0 Å². The highest BCUT2D eigenvalue weighted by Gasteiger charge is 2.47. The second kappa shape index (κ2) is 8.54. The minimum atomic E-state index is -0.837. The number of aryl methyl sites for hydroxylation is 2. The Morgan fingerprint density at radius 2 is 1.76 bits per heavy atom. The Morgan fingerprint density at radius 1 is 1.00 bits per heavy atom. The number of amides is 1. The molecule has 0 bridgehead atoms. The smallest absolute Gasteiger partial charge is 0.300 e. The van der Waals surface area contributed by atoms with E-state index in [2.05, 4.69) is 4.98 Å². The summed E-state index contributed by atoms with van der Waals surface area (Å²) in [6.07, 6.45) is 5.84. The largest absolute Gasteiger partial charge is 0.507 e. The van der Waals surface area contributed by atoms with Crippen LogP contribution in [0, 0.1) is 0 Å². The lowest BCUT2D eigenvalue weighted by atomic mass is 9.89. The van der Waals surface area contributed by atoms with Gasteiger partial charge in [0.15, 0.2) is 0 Å². The maximum Gasteiger partial charge on any atom is 0.300 e. The molecule has 6 nitrogen and oxygen atoms in total. The van der Waals surface area contributed by atoms with Gasteiger partial charge in [-0.25, -0.2) is 0 Å². The summed E-state index contributed by atoms with van der Waals surface area (Å²) in [5, 5.41) is 11.3. The zero-order chi connectivity index (χ0) is 22.9. The molecule has 0 saturated carbocycles. The highest BCUT2D eigenvalue weighted by Crippen LogP contribution is 2.42. The summed E-state index contributed by atoms with van der Waals surface area (Å²) in [7, 11) is 1.56. The van der Waals surface area contributed by atoms with Gasteiger partial charge in [0.25, 0.3) is 11.7 Å². The van der Waals surface area contributed by atoms with Crippen LogP contribution >= 0.6 is 0 Å². The van der Waals surface area contributed by atoms with Crippen molar-refractivity contribution in [1.82, 2.24) is 4.98 Å². The van der Waals surface area contributed by atoms with E-state index < -0.39 is 17.7 Å². The average molecular weight is 440 g/mol. The lowest BCUT2D eigenvalue weighted by molar-refractivity contribution is -0.132. The summed E-state index contributed by atoms with van der Waals surface area (Å²) in [6, 6.07) is 17.2. The number of anilines is 1. The van der Waals surface area contributed by atoms with Crippen LogP contribution in [0.2, 0.25) is 0 Å². The minimum absolute atomic E-state index is 0.0466. The van der Waals surface area contributed by atoms with Gasteiger partial charge in [-0.1, -0.05) is 18.2 Å². The van der Waals surface area contributed by atoms with Crippen molar-refractivity contribution in [2.75, 3.05) is 12.0 Å². The van der Waals surface area contributed by atoms with Crippen molar-refractivity contribution in [2.45, 2.75) is 31.7 Å². The number of rotatable bonds is 4. The van der Waals surface area contributed by atoms with Crippen LogP contribution in [0.4, 0.5) is 5.69 Å². The predicted molar refractivity (Wildman–Crippen MR) is 125 cm³/mol. The van der Waals surface area contributed by atoms with E-state index in [0.717, 1.165) is 25.7 Å². The number of ketones is 1. The van der Waals surface area contributed by atoms with Gasteiger partial charge in [0.2, 0.25) is 0 Å². The molecule has 33 heavy (non-hydrogen) atoms. The summed E-state index contributed by atoms with van der Waals surface area (Å²) >= 11 is 0. The lowest BCUT2D eigenvalue weighted by Gasteiger charge is -2.25. The van der Waals surface area contributed by atoms with Crippen LogP contribution in [-0.4, -0.2) is 28.9 Å². The van der Waals surface area contributed by atoms with Gasteiger partial charge in [-0.2, -0.15) is 0 Å². The molecule has 2 heterocycles. The molecule has 1 aliphatic heterocycles. The molecular formula is C27H24N2O4. The van der Waals surface area contributed by atoms with Gasteiger partial charge >= 0.3 is 0 Å². The second-order valence-electron chi connectivity index (χ2n) is 8.31. The number of methoxy groups -OCH3 is 1. The Bertz CT molecular complexity index is 1250. The van der Waals surface area contributed by atoms with Gasteiger partial charge in [-0.3, -0.25) is 19.5 Å². The zero-order valence-electron chi connectivity index (χ0n) is 18.3. The maximum absolute atomic E-state index is 13.2. The van der Waals surface area contributed by atoms with Crippen molar-refractivity contribution in [2.24, 2.45) is 0 Å². The van der Waals surface area contributed by atoms with E-state index in [0.29, 0.717) is 22.7 Å². The molecular weight excluding hydrogens is 416 g/mol. The Morgan fingerprint density at radius 3 is 2.45 bits per heavy atom. The third kappa shape index (κ3) is 3.67. The first-order chi connectivity index (χ1) is 16.1. The monoisotopic (exact) mass is 440 g/mol.